The second kappa shape index (κ2) is 18.9. The molecule has 4 aromatic carbocycles. The second-order valence-electron chi connectivity index (χ2n) is 10.9. The molecule has 0 aromatic heterocycles. The van der Waals surface area contributed by atoms with Crippen LogP contribution in [0.15, 0.2) is 67.7 Å². The lowest BCUT2D eigenvalue weighted by atomic mass is 10.2. The molecule has 48 heavy (non-hydrogen) atoms. The number of phenolic OH excluding ortho intramolecular Hbond substituents is 4. The Hall–Kier alpha value is -5.08. The molecule has 0 spiro atoms. The highest BCUT2D eigenvalue weighted by Gasteiger charge is 2.23. The van der Waals surface area contributed by atoms with E-state index in [9.17, 15) is 19.2 Å². The predicted octanol–water partition coefficient (Wildman–Crippen LogP) is 1.79. The molecule has 0 aliphatic carbocycles. The lowest BCUT2D eigenvalue weighted by molar-refractivity contribution is 0.132. The van der Waals surface area contributed by atoms with Gasteiger partial charge in [0.25, 0.3) is 21.7 Å². The van der Waals surface area contributed by atoms with E-state index in [1.807, 2.05) is 0 Å². The van der Waals surface area contributed by atoms with Crippen molar-refractivity contribution in [3.05, 3.63) is 89.4 Å². The number of piperazine rings is 1. The number of hydrogen-bond donors (Lipinski definition) is 6. The maximum atomic E-state index is 11.6. The number of rotatable bonds is 14. The molecule has 5 rings (SSSR count). The fourth-order valence-corrected chi connectivity index (χ4v) is 4.88. The molecule has 14 nitrogen and oxygen atoms in total. The standard InChI is InChI=1S/C22H32N4O6.2C6H6O2/c1-3-31-21-15(17(27)19(21)29)23-7-5-9-25-11-13-26(14-12-25)10-6-8-24-16-18(28)20(30)22(16)32-4-2;2*7-5-2-1-3-6(8)4-5/h23-24H,3-14H2,1-2H3;2*1-4,7-8H. The van der Waals surface area contributed by atoms with Gasteiger partial charge in [-0.15, -0.1) is 0 Å². The molecule has 0 saturated carbocycles. The quantitative estimate of drug-likeness (QED) is 0.0840. The van der Waals surface area contributed by atoms with Crippen LogP contribution in [0.2, 0.25) is 0 Å². The van der Waals surface area contributed by atoms with Gasteiger partial charge in [0.2, 0.25) is 0 Å². The minimum Gasteiger partial charge on any atom is -0.508 e. The van der Waals surface area contributed by atoms with E-state index in [-0.39, 0.29) is 34.5 Å². The van der Waals surface area contributed by atoms with Gasteiger partial charge in [0.05, 0.1) is 13.2 Å². The van der Waals surface area contributed by atoms with E-state index in [1.165, 1.54) is 36.4 Å². The topological polar surface area (TPSA) is 198 Å². The summed E-state index contributed by atoms with van der Waals surface area (Å²) in [5.74, 6) is 0.684. The molecule has 0 radical (unpaired) electrons. The van der Waals surface area contributed by atoms with Crippen LogP contribution in [0.3, 0.4) is 0 Å². The zero-order valence-corrected chi connectivity index (χ0v) is 27.2. The monoisotopic (exact) mass is 668 g/mol. The SMILES string of the molecule is CCOc1c(NCCCN2CCN(CCCNc3c(OCC)c(=O)c3=O)CC2)c(=O)c1=O.Oc1cccc(O)c1.Oc1cccc(O)c1. The zero-order valence-electron chi connectivity index (χ0n) is 27.2. The lowest BCUT2D eigenvalue weighted by Gasteiger charge is -2.34. The predicted molar refractivity (Wildman–Crippen MR) is 184 cm³/mol. The zero-order chi connectivity index (χ0) is 35.1. The molecule has 4 aromatic rings. The van der Waals surface area contributed by atoms with Gasteiger partial charge < -0.3 is 50.3 Å². The van der Waals surface area contributed by atoms with Crippen LogP contribution in [0.25, 0.3) is 0 Å². The van der Waals surface area contributed by atoms with Crippen LogP contribution in [0.4, 0.5) is 11.4 Å². The van der Waals surface area contributed by atoms with Crippen molar-refractivity contribution >= 4 is 11.4 Å². The molecule has 6 N–H and O–H groups in total. The van der Waals surface area contributed by atoms with E-state index >= 15 is 0 Å². The Morgan fingerprint density at radius 1 is 0.583 bits per heavy atom. The Balaban J connectivity index is 0.000000316. The van der Waals surface area contributed by atoms with Crippen LogP contribution in [0.5, 0.6) is 34.5 Å². The van der Waals surface area contributed by atoms with E-state index in [0.29, 0.717) is 37.7 Å². The molecule has 14 heteroatoms. The first-order valence-corrected chi connectivity index (χ1v) is 15.9. The highest BCUT2D eigenvalue weighted by atomic mass is 16.5. The van der Waals surface area contributed by atoms with Crippen molar-refractivity contribution in [3.8, 4) is 34.5 Å². The molecule has 1 saturated heterocycles. The largest absolute Gasteiger partial charge is 0.508 e. The first kappa shape index (κ1) is 37.4. The summed E-state index contributed by atoms with van der Waals surface area (Å²) in [4.78, 5) is 50.9. The van der Waals surface area contributed by atoms with Gasteiger partial charge in [0.15, 0.2) is 11.5 Å². The van der Waals surface area contributed by atoms with Crippen LogP contribution in [0, 0.1) is 0 Å². The van der Waals surface area contributed by atoms with Crippen LogP contribution in [-0.2, 0) is 0 Å². The molecule has 1 aliphatic heterocycles. The number of phenols is 4. The smallest absolute Gasteiger partial charge is 0.272 e. The summed E-state index contributed by atoms with van der Waals surface area (Å²) < 4.78 is 10.4. The van der Waals surface area contributed by atoms with Crippen molar-refractivity contribution in [3.63, 3.8) is 0 Å². The van der Waals surface area contributed by atoms with Gasteiger partial charge >= 0.3 is 0 Å². The van der Waals surface area contributed by atoms with E-state index in [1.54, 1.807) is 26.0 Å². The molecule has 0 unspecified atom stereocenters. The summed E-state index contributed by atoms with van der Waals surface area (Å²) in [6, 6.07) is 11.7. The van der Waals surface area contributed by atoms with Gasteiger partial charge in [-0.05, 0) is 64.0 Å². The summed E-state index contributed by atoms with van der Waals surface area (Å²) >= 11 is 0. The van der Waals surface area contributed by atoms with Crippen molar-refractivity contribution in [2.75, 3.05) is 76.2 Å². The summed E-state index contributed by atoms with van der Waals surface area (Å²) in [5.41, 5.74) is -1.44. The van der Waals surface area contributed by atoms with Crippen LogP contribution in [0.1, 0.15) is 26.7 Å². The molecular formula is C34H44N4O10. The number of nitrogens with one attached hydrogen (secondary N) is 2. The number of aromatic hydroxyl groups is 4. The summed E-state index contributed by atoms with van der Waals surface area (Å²) in [7, 11) is 0. The van der Waals surface area contributed by atoms with Gasteiger partial charge in [0, 0.05) is 51.4 Å². The van der Waals surface area contributed by atoms with E-state index in [0.717, 1.165) is 52.1 Å². The average Bonchev–Trinajstić information content (AvgIpc) is 3.07. The molecule has 0 amide bonds. The van der Waals surface area contributed by atoms with Gasteiger partial charge in [-0.2, -0.15) is 0 Å². The maximum Gasteiger partial charge on any atom is 0.272 e. The highest BCUT2D eigenvalue weighted by molar-refractivity contribution is 5.62. The minimum absolute atomic E-state index is 0.0880. The van der Waals surface area contributed by atoms with E-state index in [2.05, 4.69) is 20.4 Å². The second-order valence-corrected chi connectivity index (χ2v) is 10.9. The maximum absolute atomic E-state index is 11.6. The Bertz CT molecular complexity index is 1560. The molecular weight excluding hydrogens is 624 g/mol. The molecule has 1 aliphatic rings. The number of ether oxygens (including phenoxy) is 2. The first-order valence-electron chi connectivity index (χ1n) is 15.9. The highest BCUT2D eigenvalue weighted by Crippen LogP contribution is 2.19. The van der Waals surface area contributed by atoms with Crippen molar-refractivity contribution in [1.82, 2.24) is 9.80 Å². The Labute approximate surface area is 277 Å². The van der Waals surface area contributed by atoms with Crippen molar-refractivity contribution in [2.24, 2.45) is 0 Å². The summed E-state index contributed by atoms with van der Waals surface area (Å²) in [5, 5.41) is 40.7. The molecule has 1 heterocycles. The normalized spacial score (nSPS) is 13.2. The van der Waals surface area contributed by atoms with Gasteiger partial charge in [-0.3, -0.25) is 19.2 Å². The van der Waals surface area contributed by atoms with Crippen molar-refractivity contribution in [2.45, 2.75) is 26.7 Å². The van der Waals surface area contributed by atoms with E-state index < -0.39 is 21.7 Å². The molecule has 260 valence electrons. The number of benzene rings is 2. The first-order chi connectivity index (χ1) is 23.0. The van der Waals surface area contributed by atoms with Crippen molar-refractivity contribution in [1.29, 1.82) is 0 Å². The number of hydrogen-bond acceptors (Lipinski definition) is 14. The van der Waals surface area contributed by atoms with Gasteiger partial charge in [-0.25, -0.2) is 0 Å². The summed E-state index contributed by atoms with van der Waals surface area (Å²) in [6.45, 7) is 11.3. The van der Waals surface area contributed by atoms with Crippen LogP contribution in [-0.4, -0.2) is 95.8 Å². The third kappa shape index (κ3) is 11.0. The van der Waals surface area contributed by atoms with Gasteiger partial charge in [-0.1, -0.05) is 12.1 Å². The van der Waals surface area contributed by atoms with Gasteiger partial charge in [0.1, 0.15) is 34.4 Å². The third-order valence-corrected chi connectivity index (χ3v) is 7.34. The Morgan fingerprint density at radius 2 is 0.917 bits per heavy atom. The van der Waals surface area contributed by atoms with Crippen LogP contribution < -0.4 is 41.8 Å². The number of anilines is 2. The average molecular weight is 669 g/mol. The molecule has 0 bridgehead atoms. The number of nitrogens with zero attached hydrogens (tertiary/aromatic N) is 2. The fraction of sp³-hybridized carbons (Fsp3) is 0.412. The van der Waals surface area contributed by atoms with E-state index in [4.69, 9.17) is 29.9 Å². The Kier molecular flexibility index (Phi) is 14.7. The van der Waals surface area contributed by atoms with Crippen molar-refractivity contribution < 1.29 is 29.9 Å². The fourth-order valence-electron chi connectivity index (χ4n) is 4.88. The minimum atomic E-state index is -0.542. The molecule has 0 atom stereocenters. The third-order valence-electron chi connectivity index (χ3n) is 7.34. The Morgan fingerprint density at radius 3 is 1.19 bits per heavy atom. The summed E-state index contributed by atoms with van der Waals surface area (Å²) in [6.07, 6.45) is 1.75. The molecule has 1 fully saturated rings. The van der Waals surface area contributed by atoms with Crippen LogP contribution >= 0.6 is 0 Å². The lowest BCUT2D eigenvalue weighted by Crippen LogP contribution is -2.47.